The lowest BCUT2D eigenvalue weighted by Gasteiger charge is -2.34. The van der Waals surface area contributed by atoms with Crippen LogP contribution in [0.15, 0.2) is 35.3 Å². The molecular weight excluding hydrogens is 364 g/mol. The van der Waals surface area contributed by atoms with Gasteiger partial charge in [-0.05, 0) is 55.7 Å². The Morgan fingerprint density at radius 1 is 1.28 bits per heavy atom. The molecule has 7 heteroatoms. The van der Waals surface area contributed by atoms with Crippen molar-refractivity contribution in [1.29, 1.82) is 0 Å². The smallest absolute Gasteiger partial charge is 0.217 e. The molecule has 2 aliphatic rings. The Balaban J connectivity index is 1.46. The largest absolute Gasteiger partial charge is 0.370 e. The summed E-state index contributed by atoms with van der Waals surface area (Å²) in [6, 6.07) is 10.3. The van der Waals surface area contributed by atoms with Crippen molar-refractivity contribution in [3.8, 4) is 5.69 Å². The molecule has 0 spiro atoms. The zero-order valence-electron chi connectivity index (χ0n) is 17.1. The Morgan fingerprint density at radius 3 is 2.86 bits per heavy atom. The van der Waals surface area contributed by atoms with Gasteiger partial charge in [0, 0.05) is 32.3 Å². The number of fused-ring (bicyclic) bond motifs is 1. The van der Waals surface area contributed by atoms with Crippen molar-refractivity contribution in [3.63, 3.8) is 0 Å². The Labute approximate surface area is 172 Å². The molecule has 1 fully saturated rings. The first-order valence-electron chi connectivity index (χ1n) is 10.5. The number of para-hydroxylation sites is 1. The van der Waals surface area contributed by atoms with Crippen LogP contribution in [-0.4, -0.2) is 46.7 Å². The van der Waals surface area contributed by atoms with E-state index in [0.717, 1.165) is 56.1 Å². The molecule has 1 aromatic carbocycles. The molecule has 7 nitrogen and oxygen atoms in total. The van der Waals surface area contributed by atoms with Gasteiger partial charge in [0.25, 0.3) is 0 Å². The molecule has 0 saturated carbocycles. The van der Waals surface area contributed by atoms with E-state index < -0.39 is 0 Å². The number of benzene rings is 1. The van der Waals surface area contributed by atoms with Crippen molar-refractivity contribution in [2.24, 2.45) is 16.6 Å². The summed E-state index contributed by atoms with van der Waals surface area (Å²) in [5.41, 5.74) is 10.3. The van der Waals surface area contributed by atoms with Gasteiger partial charge in [-0.1, -0.05) is 18.2 Å². The molecule has 3 N–H and O–H groups in total. The molecule has 1 aromatic heterocycles. The highest BCUT2D eigenvalue weighted by Gasteiger charge is 2.26. The van der Waals surface area contributed by atoms with Crippen molar-refractivity contribution in [2.45, 2.75) is 45.1 Å². The van der Waals surface area contributed by atoms with Crippen molar-refractivity contribution in [1.82, 2.24) is 20.0 Å². The lowest BCUT2D eigenvalue weighted by molar-refractivity contribution is -0.119. The second-order valence-corrected chi connectivity index (χ2v) is 8.00. The number of hydrogen-bond acceptors (Lipinski definition) is 3. The fourth-order valence-corrected chi connectivity index (χ4v) is 4.64. The van der Waals surface area contributed by atoms with E-state index in [4.69, 9.17) is 10.8 Å². The van der Waals surface area contributed by atoms with Crippen LogP contribution >= 0.6 is 0 Å². The van der Waals surface area contributed by atoms with E-state index in [1.165, 1.54) is 17.7 Å². The summed E-state index contributed by atoms with van der Waals surface area (Å²) in [5, 5.41) is 8.43. The van der Waals surface area contributed by atoms with E-state index in [9.17, 15) is 4.79 Å². The minimum Gasteiger partial charge on any atom is -0.370 e. The number of piperidine rings is 1. The number of hydrogen-bond donors (Lipinski definition) is 2. The van der Waals surface area contributed by atoms with E-state index in [1.54, 1.807) is 0 Å². The molecule has 1 amide bonds. The summed E-state index contributed by atoms with van der Waals surface area (Å²) in [7, 11) is 1.81. The van der Waals surface area contributed by atoms with Crippen LogP contribution in [0.4, 0.5) is 0 Å². The van der Waals surface area contributed by atoms with Gasteiger partial charge in [-0.3, -0.25) is 9.79 Å². The normalized spacial score (nSPS) is 19.3. The lowest BCUT2D eigenvalue weighted by atomic mass is 9.95. The highest BCUT2D eigenvalue weighted by atomic mass is 16.1. The molecule has 2 heterocycles. The maximum Gasteiger partial charge on any atom is 0.217 e. The fourth-order valence-electron chi connectivity index (χ4n) is 4.64. The van der Waals surface area contributed by atoms with Crippen LogP contribution < -0.4 is 11.1 Å². The Bertz CT molecular complexity index is 888. The molecule has 154 valence electrons. The predicted octanol–water partition coefficient (Wildman–Crippen LogP) is 2.02. The van der Waals surface area contributed by atoms with E-state index in [0.29, 0.717) is 18.9 Å². The topological polar surface area (TPSA) is 88.5 Å². The molecule has 1 aliphatic heterocycles. The average Bonchev–Trinajstić information content (AvgIpc) is 3.32. The minimum absolute atomic E-state index is 0.221. The van der Waals surface area contributed by atoms with Gasteiger partial charge >= 0.3 is 0 Å². The van der Waals surface area contributed by atoms with Crippen molar-refractivity contribution < 1.29 is 4.79 Å². The SMILES string of the molecule is CN=C(NCc1nn(-c2ccccc2)c2c1CCC2)N1CCCC(CC(N)=O)C1. The second-order valence-electron chi connectivity index (χ2n) is 8.00. The second kappa shape index (κ2) is 8.68. The summed E-state index contributed by atoms with van der Waals surface area (Å²) in [5.74, 6) is 0.961. The number of likely N-dealkylation sites (tertiary alicyclic amines) is 1. The Morgan fingerprint density at radius 2 is 2.10 bits per heavy atom. The Hall–Kier alpha value is -2.83. The number of nitrogens with one attached hydrogen (secondary N) is 1. The summed E-state index contributed by atoms with van der Waals surface area (Å²) in [4.78, 5) is 18.0. The molecule has 1 aliphatic carbocycles. The zero-order chi connectivity index (χ0) is 20.2. The van der Waals surface area contributed by atoms with Crippen LogP contribution in [0.2, 0.25) is 0 Å². The lowest BCUT2D eigenvalue weighted by Crippen LogP contribution is -2.47. The summed E-state index contributed by atoms with van der Waals surface area (Å²) >= 11 is 0. The number of nitrogens with two attached hydrogens (primary N) is 1. The van der Waals surface area contributed by atoms with E-state index in [2.05, 4.69) is 44.2 Å². The molecular formula is C22H30N6O. The van der Waals surface area contributed by atoms with Gasteiger partial charge in [0.05, 0.1) is 17.9 Å². The third-order valence-corrected chi connectivity index (χ3v) is 5.95. The number of nitrogens with zero attached hydrogens (tertiary/aromatic N) is 4. The molecule has 29 heavy (non-hydrogen) atoms. The number of guanidine groups is 1. The van der Waals surface area contributed by atoms with Gasteiger partial charge in [0.2, 0.25) is 5.91 Å². The van der Waals surface area contributed by atoms with Crippen LogP contribution in [0.3, 0.4) is 0 Å². The number of amides is 1. The monoisotopic (exact) mass is 394 g/mol. The van der Waals surface area contributed by atoms with E-state index >= 15 is 0 Å². The van der Waals surface area contributed by atoms with Gasteiger partial charge in [0.1, 0.15) is 0 Å². The number of carbonyl (C=O) groups is 1. The van der Waals surface area contributed by atoms with Crippen LogP contribution in [0, 0.1) is 5.92 Å². The standard InChI is InChI=1S/C22H30N6O/c1-24-22(27-12-6-7-16(15-27)13-21(23)29)25-14-19-18-10-5-11-20(18)28(26-19)17-8-3-2-4-9-17/h2-4,8-9,16H,5-7,10-15H2,1H3,(H2,23,29)(H,24,25). The molecule has 0 radical (unpaired) electrons. The molecule has 0 bridgehead atoms. The van der Waals surface area contributed by atoms with Crippen molar-refractivity contribution >= 4 is 11.9 Å². The van der Waals surface area contributed by atoms with Crippen LogP contribution in [0.25, 0.3) is 5.69 Å². The highest BCUT2D eigenvalue weighted by molar-refractivity contribution is 5.80. The van der Waals surface area contributed by atoms with Crippen LogP contribution in [-0.2, 0) is 24.2 Å². The maximum atomic E-state index is 11.3. The first-order valence-corrected chi connectivity index (χ1v) is 10.5. The van der Waals surface area contributed by atoms with Crippen molar-refractivity contribution in [2.75, 3.05) is 20.1 Å². The minimum atomic E-state index is -0.221. The first-order chi connectivity index (χ1) is 14.2. The molecule has 1 atom stereocenters. The molecule has 4 rings (SSSR count). The van der Waals surface area contributed by atoms with Crippen LogP contribution in [0.5, 0.6) is 0 Å². The predicted molar refractivity (Wildman–Crippen MR) is 114 cm³/mol. The third-order valence-electron chi connectivity index (χ3n) is 5.95. The van der Waals surface area contributed by atoms with Gasteiger partial charge in [0.15, 0.2) is 5.96 Å². The zero-order valence-corrected chi connectivity index (χ0v) is 17.1. The van der Waals surface area contributed by atoms with Gasteiger partial charge in [-0.2, -0.15) is 5.10 Å². The number of primary amides is 1. The van der Waals surface area contributed by atoms with Gasteiger partial charge in [-0.15, -0.1) is 0 Å². The maximum absolute atomic E-state index is 11.3. The Kier molecular flexibility index (Phi) is 5.83. The summed E-state index contributed by atoms with van der Waals surface area (Å²) < 4.78 is 2.10. The third kappa shape index (κ3) is 4.28. The number of carbonyl (C=O) groups excluding carboxylic acids is 1. The van der Waals surface area contributed by atoms with Crippen molar-refractivity contribution in [3.05, 3.63) is 47.3 Å². The molecule has 2 aromatic rings. The first kappa shape index (κ1) is 19.5. The van der Waals surface area contributed by atoms with E-state index in [1.807, 2.05) is 13.1 Å². The summed E-state index contributed by atoms with van der Waals surface area (Å²) in [6.07, 6.45) is 5.89. The quantitative estimate of drug-likeness (QED) is 0.600. The van der Waals surface area contributed by atoms with E-state index in [-0.39, 0.29) is 5.91 Å². The number of rotatable bonds is 5. The highest BCUT2D eigenvalue weighted by Crippen LogP contribution is 2.28. The summed E-state index contributed by atoms with van der Waals surface area (Å²) in [6.45, 7) is 2.43. The molecule has 1 saturated heterocycles. The average molecular weight is 395 g/mol. The van der Waals surface area contributed by atoms with Gasteiger partial charge < -0.3 is 16.0 Å². The molecule has 1 unspecified atom stereocenters. The number of aliphatic imine (C=N–C) groups is 1. The fraction of sp³-hybridized carbons (Fsp3) is 0.500. The van der Waals surface area contributed by atoms with Crippen LogP contribution in [0.1, 0.15) is 42.6 Å². The number of aromatic nitrogens is 2. The van der Waals surface area contributed by atoms with Gasteiger partial charge in [-0.25, -0.2) is 4.68 Å².